The maximum absolute atomic E-state index is 11.4. The molecule has 3 rings (SSSR count). The van der Waals surface area contributed by atoms with E-state index in [1.165, 1.54) is 0 Å². The Bertz CT molecular complexity index is 659. The van der Waals surface area contributed by atoms with Crippen molar-refractivity contribution in [1.29, 1.82) is 0 Å². The molecule has 0 amide bonds. The second-order valence-electron chi connectivity index (χ2n) is 6.24. The van der Waals surface area contributed by atoms with Crippen LogP contribution < -0.4 is 0 Å². The molecule has 1 aromatic heterocycles. The van der Waals surface area contributed by atoms with Crippen molar-refractivity contribution in [3.63, 3.8) is 0 Å². The molecule has 1 aliphatic carbocycles. The Labute approximate surface area is 122 Å². The first-order valence-electron chi connectivity index (χ1n) is 7.01. The average Bonchev–Trinajstić information content (AvgIpc) is 3.10. The molecule has 1 N–H and O–H groups in total. The molecule has 0 atom stereocenters. The van der Waals surface area contributed by atoms with Crippen LogP contribution in [0.5, 0.6) is 0 Å². The summed E-state index contributed by atoms with van der Waals surface area (Å²) < 4.78 is 1.65. The van der Waals surface area contributed by atoms with Crippen LogP contribution in [0.2, 0.25) is 0 Å². The molecule has 0 spiro atoms. The zero-order valence-electron chi connectivity index (χ0n) is 12.2. The Morgan fingerprint density at radius 3 is 2.57 bits per heavy atom. The van der Waals surface area contributed by atoms with Gasteiger partial charge in [-0.1, -0.05) is 30.3 Å². The van der Waals surface area contributed by atoms with Crippen LogP contribution in [0.1, 0.15) is 38.1 Å². The largest absolute Gasteiger partial charge is 0.481 e. The van der Waals surface area contributed by atoms with E-state index < -0.39 is 11.4 Å². The Kier molecular flexibility index (Phi) is 3.04. The van der Waals surface area contributed by atoms with Crippen molar-refractivity contribution in [3.8, 4) is 0 Å². The summed E-state index contributed by atoms with van der Waals surface area (Å²) in [5.74, 6) is -0.0670. The van der Waals surface area contributed by atoms with E-state index in [1.807, 2.05) is 44.2 Å². The molecule has 1 saturated carbocycles. The van der Waals surface area contributed by atoms with Gasteiger partial charge in [0.15, 0.2) is 5.82 Å². The van der Waals surface area contributed by atoms with Crippen molar-refractivity contribution in [2.45, 2.75) is 38.6 Å². The number of carboxylic acids is 1. The lowest BCUT2D eigenvalue weighted by Gasteiger charge is -2.24. The van der Waals surface area contributed by atoms with Crippen LogP contribution >= 0.6 is 0 Å². The maximum Gasteiger partial charge on any atom is 0.311 e. The van der Waals surface area contributed by atoms with Gasteiger partial charge in [-0.2, -0.15) is 0 Å². The Morgan fingerprint density at radius 2 is 2.00 bits per heavy atom. The van der Waals surface area contributed by atoms with Crippen LogP contribution in [0.3, 0.4) is 0 Å². The highest BCUT2D eigenvalue weighted by Crippen LogP contribution is 2.47. The van der Waals surface area contributed by atoms with E-state index in [-0.39, 0.29) is 5.41 Å². The fourth-order valence-corrected chi connectivity index (χ4v) is 2.62. The van der Waals surface area contributed by atoms with Gasteiger partial charge in [0.2, 0.25) is 0 Å². The molecule has 0 bridgehead atoms. The minimum Gasteiger partial charge on any atom is -0.481 e. The SMILES string of the molecule is CC(C)(c1ccccc1)c1nnnn1CC1(C(=O)O)CC1. The van der Waals surface area contributed by atoms with E-state index in [2.05, 4.69) is 15.5 Å². The van der Waals surface area contributed by atoms with Gasteiger partial charge in [0, 0.05) is 0 Å². The summed E-state index contributed by atoms with van der Waals surface area (Å²) in [7, 11) is 0. The Balaban J connectivity index is 1.94. The summed E-state index contributed by atoms with van der Waals surface area (Å²) in [4.78, 5) is 11.4. The standard InChI is InChI=1S/C15H18N4O2/c1-14(2,11-6-4-3-5-7-11)12-16-17-18-19(12)10-15(8-9-15)13(20)21/h3-7H,8-10H2,1-2H3,(H,20,21). The van der Waals surface area contributed by atoms with Crippen LogP contribution in [0.15, 0.2) is 30.3 Å². The van der Waals surface area contributed by atoms with Crippen molar-refractivity contribution in [2.24, 2.45) is 5.41 Å². The van der Waals surface area contributed by atoms with Gasteiger partial charge < -0.3 is 5.11 Å². The molecule has 21 heavy (non-hydrogen) atoms. The third kappa shape index (κ3) is 2.30. The monoisotopic (exact) mass is 286 g/mol. The van der Waals surface area contributed by atoms with Gasteiger partial charge in [0.1, 0.15) is 0 Å². The fourth-order valence-electron chi connectivity index (χ4n) is 2.62. The van der Waals surface area contributed by atoms with Crippen molar-refractivity contribution in [3.05, 3.63) is 41.7 Å². The summed E-state index contributed by atoms with van der Waals surface area (Å²) >= 11 is 0. The number of rotatable bonds is 5. The molecule has 0 saturated heterocycles. The molecule has 2 aromatic rings. The van der Waals surface area contributed by atoms with Gasteiger partial charge in [-0.3, -0.25) is 4.79 Å². The van der Waals surface area contributed by atoms with Crippen molar-refractivity contribution < 1.29 is 9.90 Å². The van der Waals surface area contributed by atoms with Gasteiger partial charge >= 0.3 is 5.97 Å². The van der Waals surface area contributed by atoms with E-state index in [4.69, 9.17) is 0 Å². The number of aliphatic carboxylic acids is 1. The molecule has 6 nitrogen and oxygen atoms in total. The second-order valence-corrected chi connectivity index (χ2v) is 6.24. The molecule has 6 heteroatoms. The van der Waals surface area contributed by atoms with E-state index in [0.29, 0.717) is 25.2 Å². The molecule has 0 radical (unpaired) electrons. The Hall–Kier alpha value is -2.24. The molecule has 1 aliphatic rings. The molecule has 1 heterocycles. The summed E-state index contributed by atoms with van der Waals surface area (Å²) in [6.45, 7) is 4.43. The second kappa shape index (κ2) is 4.65. The highest BCUT2D eigenvalue weighted by Gasteiger charge is 2.51. The predicted molar refractivity (Wildman–Crippen MR) is 75.7 cm³/mol. The van der Waals surface area contributed by atoms with Crippen LogP contribution in [-0.4, -0.2) is 31.3 Å². The molecule has 1 fully saturated rings. The number of hydrogen-bond donors (Lipinski definition) is 1. The molecule has 110 valence electrons. The first kappa shape index (κ1) is 13.7. The average molecular weight is 286 g/mol. The lowest BCUT2D eigenvalue weighted by Crippen LogP contribution is -2.29. The quantitative estimate of drug-likeness (QED) is 0.907. The molecular formula is C15H18N4O2. The smallest absolute Gasteiger partial charge is 0.311 e. The number of tetrazole rings is 1. The molecule has 0 aliphatic heterocycles. The summed E-state index contributed by atoms with van der Waals surface area (Å²) in [5.41, 5.74) is 0.0391. The van der Waals surface area contributed by atoms with Crippen molar-refractivity contribution >= 4 is 5.97 Å². The van der Waals surface area contributed by atoms with Gasteiger partial charge in [0.05, 0.1) is 17.4 Å². The third-order valence-electron chi connectivity index (χ3n) is 4.35. The van der Waals surface area contributed by atoms with Gasteiger partial charge in [-0.05, 0) is 42.7 Å². The van der Waals surface area contributed by atoms with Crippen LogP contribution in [0.25, 0.3) is 0 Å². The van der Waals surface area contributed by atoms with E-state index in [9.17, 15) is 9.90 Å². The van der Waals surface area contributed by atoms with E-state index >= 15 is 0 Å². The minimum atomic E-state index is -0.763. The van der Waals surface area contributed by atoms with Crippen LogP contribution in [0, 0.1) is 5.41 Å². The Morgan fingerprint density at radius 1 is 1.33 bits per heavy atom. The summed E-state index contributed by atoms with van der Waals surface area (Å²) in [6.07, 6.45) is 1.38. The fraction of sp³-hybridized carbons (Fsp3) is 0.467. The summed E-state index contributed by atoms with van der Waals surface area (Å²) in [5, 5.41) is 21.2. The van der Waals surface area contributed by atoms with Gasteiger partial charge in [-0.15, -0.1) is 5.10 Å². The van der Waals surface area contributed by atoms with E-state index in [0.717, 1.165) is 5.56 Å². The highest BCUT2D eigenvalue weighted by atomic mass is 16.4. The number of carboxylic acid groups (broad SMARTS) is 1. The minimum absolute atomic E-state index is 0.334. The molecule has 0 unspecified atom stereocenters. The topological polar surface area (TPSA) is 80.9 Å². The number of hydrogen-bond acceptors (Lipinski definition) is 4. The maximum atomic E-state index is 11.4. The van der Waals surface area contributed by atoms with Crippen LogP contribution in [-0.2, 0) is 16.8 Å². The van der Waals surface area contributed by atoms with Crippen molar-refractivity contribution in [2.75, 3.05) is 0 Å². The van der Waals surface area contributed by atoms with Gasteiger partial charge in [-0.25, -0.2) is 4.68 Å². The number of benzene rings is 1. The van der Waals surface area contributed by atoms with Crippen molar-refractivity contribution in [1.82, 2.24) is 20.2 Å². The lowest BCUT2D eigenvalue weighted by molar-refractivity contribution is -0.144. The normalized spacial score (nSPS) is 16.7. The predicted octanol–water partition coefficient (Wildman–Crippen LogP) is 1.86. The molecule has 1 aromatic carbocycles. The number of aromatic nitrogens is 4. The molecular weight excluding hydrogens is 268 g/mol. The third-order valence-corrected chi connectivity index (χ3v) is 4.35. The number of nitrogens with zero attached hydrogens (tertiary/aromatic N) is 4. The highest BCUT2D eigenvalue weighted by molar-refractivity contribution is 5.77. The van der Waals surface area contributed by atoms with E-state index in [1.54, 1.807) is 4.68 Å². The first-order chi connectivity index (χ1) is 9.96. The summed E-state index contributed by atoms with van der Waals surface area (Å²) in [6, 6.07) is 9.98. The van der Waals surface area contributed by atoms with Gasteiger partial charge in [0.25, 0.3) is 0 Å². The van der Waals surface area contributed by atoms with Crippen LogP contribution in [0.4, 0.5) is 0 Å². The zero-order valence-corrected chi connectivity index (χ0v) is 12.2. The number of carbonyl (C=O) groups is 1. The zero-order chi connectivity index (χ0) is 15.1. The lowest BCUT2D eigenvalue weighted by atomic mass is 9.83. The first-order valence-corrected chi connectivity index (χ1v) is 7.01.